The van der Waals surface area contributed by atoms with Crippen molar-refractivity contribution < 1.29 is 42.2 Å². The SMILES string of the molecule is C/C=C\CCCC(=O)NC(C)C(=O)Oc1ccc(CO[N+](=O)[O-])cc1.FC(F)(F)c1cccc(OCC/C=C/C2CCCC2)c1. The Balaban J connectivity index is 0.000000320. The summed E-state index contributed by atoms with van der Waals surface area (Å²) in [6.07, 6.45) is 11.6. The number of halogens is 3. The van der Waals surface area contributed by atoms with E-state index in [1.54, 1.807) is 25.1 Å². The van der Waals surface area contributed by atoms with Gasteiger partial charge in [0.25, 0.3) is 5.09 Å². The van der Waals surface area contributed by atoms with E-state index < -0.39 is 28.8 Å². The zero-order chi connectivity index (χ0) is 33.1. The highest BCUT2D eigenvalue weighted by Gasteiger charge is 2.30. The minimum absolute atomic E-state index is 0.180. The van der Waals surface area contributed by atoms with Gasteiger partial charge in [-0.15, -0.1) is 10.1 Å². The predicted octanol–water partition coefficient (Wildman–Crippen LogP) is 7.77. The Morgan fingerprint density at radius 2 is 1.78 bits per heavy atom. The summed E-state index contributed by atoms with van der Waals surface area (Å²) in [4.78, 5) is 38.1. The summed E-state index contributed by atoms with van der Waals surface area (Å²) in [6.45, 7) is 3.69. The molecule has 12 heteroatoms. The molecule has 0 aliphatic heterocycles. The summed E-state index contributed by atoms with van der Waals surface area (Å²) in [5, 5.41) is 11.8. The molecule has 1 atom stereocenters. The molecule has 0 bridgehead atoms. The summed E-state index contributed by atoms with van der Waals surface area (Å²) < 4.78 is 48.1. The Kier molecular flexibility index (Phi) is 16.2. The largest absolute Gasteiger partial charge is 0.493 e. The number of amides is 1. The lowest BCUT2D eigenvalue weighted by atomic mass is 10.1. The van der Waals surface area contributed by atoms with E-state index in [-0.39, 0.29) is 24.0 Å². The van der Waals surface area contributed by atoms with Crippen molar-refractivity contribution in [3.63, 3.8) is 0 Å². The molecule has 0 aromatic heterocycles. The van der Waals surface area contributed by atoms with Crippen molar-refractivity contribution in [1.82, 2.24) is 5.32 Å². The Morgan fingerprint density at radius 1 is 1.07 bits per heavy atom. The predicted molar refractivity (Wildman–Crippen MR) is 163 cm³/mol. The second-order valence-corrected chi connectivity index (χ2v) is 10.4. The lowest BCUT2D eigenvalue weighted by molar-refractivity contribution is -0.763. The van der Waals surface area contributed by atoms with Crippen LogP contribution < -0.4 is 14.8 Å². The number of carbonyl (C=O) groups excluding carboxylic acids is 2. The van der Waals surface area contributed by atoms with Gasteiger partial charge in [0.15, 0.2) is 0 Å². The third kappa shape index (κ3) is 15.8. The molecule has 1 aliphatic carbocycles. The molecular formula is C33H41F3N2O7. The van der Waals surface area contributed by atoms with Crippen LogP contribution in [0.3, 0.4) is 0 Å². The molecule has 1 aliphatic rings. The quantitative estimate of drug-likeness (QED) is 0.0531. The van der Waals surface area contributed by atoms with Crippen molar-refractivity contribution in [3.8, 4) is 11.5 Å². The smallest absolute Gasteiger partial charge is 0.416 e. The molecule has 1 N–H and O–H groups in total. The second-order valence-electron chi connectivity index (χ2n) is 10.4. The van der Waals surface area contributed by atoms with Gasteiger partial charge in [-0.05, 0) is 87.8 Å². The highest BCUT2D eigenvalue weighted by molar-refractivity contribution is 5.85. The first-order valence-electron chi connectivity index (χ1n) is 14.9. The normalized spacial score (nSPS) is 14.1. The lowest BCUT2D eigenvalue weighted by Crippen LogP contribution is -2.40. The van der Waals surface area contributed by atoms with Gasteiger partial charge in [-0.1, -0.05) is 55.3 Å². The topological polar surface area (TPSA) is 117 Å². The molecule has 0 saturated heterocycles. The Labute approximate surface area is 261 Å². The molecule has 246 valence electrons. The van der Waals surface area contributed by atoms with Crippen LogP contribution in [0.15, 0.2) is 72.8 Å². The first kappa shape index (κ1) is 36.8. The molecule has 1 fully saturated rings. The van der Waals surface area contributed by atoms with Gasteiger partial charge >= 0.3 is 12.1 Å². The zero-order valence-electron chi connectivity index (χ0n) is 25.6. The fourth-order valence-corrected chi connectivity index (χ4v) is 4.35. The number of hydrogen-bond donors (Lipinski definition) is 1. The highest BCUT2D eigenvalue weighted by Crippen LogP contribution is 2.31. The van der Waals surface area contributed by atoms with Gasteiger partial charge in [0.1, 0.15) is 24.1 Å². The van der Waals surface area contributed by atoms with E-state index in [0.29, 0.717) is 30.9 Å². The maximum Gasteiger partial charge on any atom is 0.416 e. The van der Waals surface area contributed by atoms with E-state index in [4.69, 9.17) is 9.47 Å². The minimum Gasteiger partial charge on any atom is -0.493 e. The number of allylic oxidation sites excluding steroid dienone is 3. The van der Waals surface area contributed by atoms with Crippen molar-refractivity contribution in [3.05, 3.63) is 94.1 Å². The Morgan fingerprint density at radius 3 is 2.42 bits per heavy atom. The van der Waals surface area contributed by atoms with Crippen LogP contribution in [0.5, 0.6) is 11.5 Å². The number of ether oxygens (including phenoxy) is 2. The number of hydrogen-bond acceptors (Lipinski definition) is 7. The van der Waals surface area contributed by atoms with Gasteiger partial charge in [0.2, 0.25) is 5.91 Å². The van der Waals surface area contributed by atoms with Crippen molar-refractivity contribution in [1.29, 1.82) is 0 Å². The summed E-state index contributed by atoms with van der Waals surface area (Å²) in [5.74, 6) is 0.444. The number of alkyl halides is 3. The molecule has 3 rings (SSSR count). The fourth-order valence-electron chi connectivity index (χ4n) is 4.35. The molecule has 2 aromatic rings. The van der Waals surface area contributed by atoms with Crippen LogP contribution in [-0.4, -0.2) is 29.6 Å². The number of rotatable bonds is 15. The molecule has 45 heavy (non-hydrogen) atoms. The van der Waals surface area contributed by atoms with Gasteiger partial charge in [-0.25, -0.2) is 4.79 Å². The highest BCUT2D eigenvalue weighted by atomic mass is 19.4. The van der Waals surface area contributed by atoms with E-state index in [1.807, 2.05) is 19.1 Å². The van der Waals surface area contributed by atoms with Crippen LogP contribution in [0.1, 0.15) is 76.3 Å². The maximum atomic E-state index is 12.5. The summed E-state index contributed by atoms with van der Waals surface area (Å²) in [6, 6.07) is 10.3. The number of nitrogens with one attached hydrogen (secondary N) is 1. The summed E-state index contributed by atoms with van der Waals surface area (Å²) in [7, 11) is 0. The van der Waals surface area contributed by atoms with Crippen LogP contribution in [0.25, 0.3) is 0 Å². The van der Waals surface area contributed by atoms with Gasteiger partial charge in [0, 0.05) is 6.42 Å². The second kappa shape index (κ2) is 19.8. The lowest BCUT2D eigenvalue weighted by Gasteiger charge is -2.13. The van der Waals surface area contributed by atoms with E-state index >= 15 is 0 Å². The van der Waals surface area contributed by atoms with Gasteiger partial charge in [-0.2, -0.15) is 13.2 Å². The third-order valence-electron chi connectivity index (χ3n) is 6.74. The van der Waals surface area contributed by atoms with Crippen molar-refractivity contribution in [2.24, 2.45) is 5.92 Å². The molecule has 9 nitrogen and oxygen atoms in total. The number of nitrogens with zero attached hydrogens (tertiary/aromatic N) is 1. The van der Waals surface area contributed by atoms with Crippen LogP contribution in [0, 0.1) is 16.0 Å². The fraction of sp³-hybridized carbons (Fsp3) is 0.455. The third-order valence-corrected chi connectivity index (χ3v) is 6.74. The Hall–Kier alpha value is -4.35. The average molecular weight is 635 g/mol. The van der Waals surface area contributed by atoms with Gasteiger partial charge in [0.05, 0.1) is 12.2 Å². The van der Waals surface area contributed by atoms with Crippen LogP contribution in [0.4, 0.5) is 13.2 Å². The Bertz CT molecular complexity index is 1260. The first-order valence-corrected chi connectivity index (χ1v) is 14.9. The minimum atomic E-state index is -4.32. The maximum absolute atomic E-state index is 12.5. The van der Waals surface area contributed by atoms with Crippen LogP contribution in [0.2, 0.25) is 0 Å². The van der Waals surface area contributed by atoms with E-state index in [2.05, 4.69) is 22.3 Å². The van der Waals surface area contributed by atoms with Gasteiger partial charge in [-0.3, -0.25) is 4.79 Å². The summed E-state index contributed by atoms with van der Waals surface area (Å²) >= 11 is 0. The van der Waals surface area contributed by atoms with Crippen LogP contribution in [-0.2, 0) is 27.2 Å². The molecule has 1 saturated carbocycles. The molecule has 2 aromatic carbocycles. The van der Waals surface area contributed by atoms with Crippen LogP contribution >= 0.6 is 0 Å². The molecule has 0 radical (unpaired) electrons. The molecular weight excluding hydrogens is 593 g/mol. The number of benzene rings is 2. The standard InChI is InChI=1S/C17H22N2O6.C16H19F3O/c1-3-4-5-6-7-16(20)18-13(2)17(21)25-15-10-8-14(9-11-15)12-24-19(22)23;17-16(18,19)14-9-5-10-15(12-14)20-11-4-3-8-13-6-1-2-7-13/h3-4,8-11,13H,5-7,12H2,1-2H3,(H,18,20);3,5,8-10,12-13H,1-2,4,6-7,11H2/b4-3-;8-3+. The first-order chi connectivity index (χ1) is 21.5. The number of esters is 1. The molecule has 1 unspecified atom stereocenters. The van der Waals surface area contributed by atoms with E-state index in [1.165, 1.54) is 43.9 Å². The van der Waals surface area contributed by atoms with E-state index in [0.717, 1.165) is 25.0 Å². The molecule has 0 heterocycles. The van der Waals surface area contributed by atoms with Crippen molar-refractivity contribution in [2.45, 2.75) is 84.0 Å². The summed E-state index contributed by atoms with van der Waals surface area (Å²) in [5.41, 5.74) is -0.101. The van der Waals surface area contributed by atoms with Crippen molar-refractivity contribution >= 4 is 11.9 Å². The van der Waals surface area contributed by atoms with Gasteiger partial charge < -0.3 is 19.6 Å². The zero-order valence-corrected chi connectivity index (χ0v) is 25.6. The molecule has 0 spiro atoms. The number of carbonyl (C=O) groups is 2. The van der Waals surface area contributed by atoms with E-state index in [9.17, 15) is 32.9 Å². The average Bonchev–Trinajstić information content (AvgIpc) is 3.52. The van der Waals surface area contributed by atoms with Crippen molar-refractivity contribution in [2.75, 3.05) is 6.61 Å². The number of unbranched alkanes of at least 4 members (excludes halogenated alkanes) is 1. The molecule has 1 amide bonds. The monoisotopic (exact) mass is 634 g/mol.